The van der Waals surface area contributed by atoms with Crippen LogP contribution in [0.5, 0.6) is 5.75 Å². The molecular weight excluding hydrogens is 386 g/mol. The molecule has 30 heavy (non-hydrogen) atoms. The van der Waals surface area contributed by atoms with E-state index in [0.717, 1.165) is 12.0 Å². The van der Waals surface area contributed by atoms with Gasteiger partial charge in [-0.2, -0.15) is 0 Å². The number of aliphatic hydroxyl groups is 1. The van der Waals surface area contributed by atoms with Gasteiger partial charge < -0.3 is 25.3 Å². The van der Waals surface area contributed by atoms with E-state index in [2.05, 4.69) is 10.6 Å². The van der Waals surface area contributed by atoms with Gasteiger partial charge >= 0.3 is 0 Å². The zero-order valence-electron chi connectivity index (χ0n) is 17.5. The molecule has 0 aliphatic heterocycles. The van der Waals surface area contributed by atoms with E-state index in [1.54, 1.807) is 38.6 Å². The van der Waals surface area contributed by atoms with Crippen molar-refractivity contribution in [3.8, 4) is 5.75 Å². The highest BCUT2D eigenvalue weighted by atomic mass is 16.3. The van der Waals surface area contributed by atoms with Crippen LogP contribution in [0.4, 0.5) is 17.1 Å². The molecule has 1 aromatic heterocycles. The number of para-hydroxylation sites is 1. The normalized spacial score (nSPS) is 13.5. The summed E-state index contributed by atoms with van der Waals surface area (Å²) in [5, 5.41) is 26.7. The van der Waals surface area contributed by atoms with E-state index in [0.29, 0.717) is 12.2 Å². The zero-order chi connectivity index (χ0) is 22.0. The van der Waals surface area contributed by atoms with Crippen molar-refractivity contribution in [2.45, 2.75) is 39.0 Å². The van der Waals surface area contributed by atoms with Gasteiger partial charge in [0.15, 0.2) is 0 Å². The second-order valence-electron chi connectivity index (χ2n) is 7.43. The first-order valence-corrected chi connectivity index (χ1v) is 9.88. The van der Waals surface area contributed by atoms with E-state index in [-0.39, 0.29) is 34.4 Å². The van der Waals surface area contributed by atoms with Crippen molar-refractivity contribution in [2.24, 2.45) is 0 Å². The molecule has 0 aliphatic carbocycles. The number of hydrogen-bond acceptors (Lipinski definition) is 8. The number of aromatic hydroxyl groups is 1. The van der Waals surface area contributed by atoms with Gasteiger partial charge in [0.05, 0.1) is 18.0 Å². The highest BCUT2D eigenvalue weighted by molar-refractivity contribution is 5.81. The summed E-state index contributed by atoms with van der Waals surface area (Å²) in [5.41, 5.74) is 0.498. The standard InChI is InChI=1S/C22H27N3O5/c1-5-12-10-16(30-11-12)14(6-2)23-17-18(21(28)20(17)27)24-15-9-7-8-13(19(15)26)22(29)25(3)4/h7-11,14,22-24,26,29H,5-6H2,1-4H3/t14-,22?/m1/s1. The van der Waals surface area contributed by atoms with Gasteiger partial charge in [0.1, 0.15) is 29.1 Å². The van der Waals surface area contributed by atoms with Crippen molar-refractivity contribution in [1.29, 1.82) is 0 Å². The van der Waals surface area contributed by atoms with Crippen molar-refractivity contribution in [3.63, 3.8) is 0 Å². The van der Waals surface area contributed by atoms with E-state index in [9.17, 15) is 19.8 Å². The van der Waals surface area contributed by atoms with Gasteiger partial charge in [0.25, 0.3) is 10.9 Å². The summed E-state index contributed by atoms with van der Waals surface area (Å²) in [5.74, 6) is 0.496. The Morgan fingerprint density at radius 3 is 2.43 bits per heavy atom. The number of rotatable bonds is 9. The second kappa shape index (κ2) is 8.73. The monoisotopic (exact) mass is 413 g/mol. The van der Waals surface area contributed by atoms with Gasteiger partial charge in [-0.3, -0.25) is 14.5 Å². The van der Waals surface area contributed by atoms with Gasteiger partial charge in [-0.25, -0.2) is 0 Å². The summed E-state index contributed by atoms with van der Waals surface area (Å²) in [6, 6.07) is 6.45. The van der Waals surface area contributed by atoms with Gasteiger partial charge in [-0.05, 0) is 44.6 Å². The van der Waals surface area contributed by atoms with Crippen molar-refractivity contribution >= 4 is 17.1 Å². The smallest absolute Gasteiger partial charge is 0.253 e. The lowest BCUT2D eigenvalue weighted by molar-refractivity contribution is 0.0376. The molecule has 8 heteroatoms. The van der Waals surface area contributed by atoms with E-state index in [1.165, 1.54) is 4.90 Å². The first kappa shape index (κ1) is 21.6. The largest absolute Gasteiger partial charge is 0.505 e. The average molecular weight is 413 g/mol. The first-order valence-electron chi connectivity index (χ1n) is 9.88. The van der Waals surface area contributed by atoms with Crippen molar-refractivity contribution in [2.75, 3.05) is 24.7 Å². The summed E-state index contributed by atoms with van der Waals surface area (Å²) in [6.07, 6.45) is 2.14. The summed E-state index contributed by atoms with van der Waals surface area (Å²) in [7, 11) is 3.35. The minimum Gasteiger partial charge on any atom is -0.505 e. The van der Waals surface area contributed by atoms with Gasteiger partial charge in [0.2, 0.25) is 0 Å². The maximum Gasteiger partial charge on any atom is 0.253 e. The summed E-state index contributed by atoms with van der Waals surface area (Å²) < 4.78 is 5.60. The van der Waals surface area contributed by atoms with Crippen molar-refractivity contribution in [3.05, 3.63) is 67.9 Å². The molecule has 3 rings (SSSR count). The number of nitrogens with one attached hydrogen (secondary N) is 2. The molecule has 1 heterocycles. The van der Waals surface area contributed by atoms with Crippen molar-refractivity contribution < 1.29 is 14.6 Å². The third-order valence-corrected chi connectivity index (χ3v) is 5.16. The lowest BCUT2D eigenvalue weighted by Gasteiger charge is -2.23. The SMILES string of the molecule is CCc1coc([C@@H](CC)Nc2c(Nc3cccc(C(O)N(C)C)c3O)c(=O)c2=O)c1. The molecule has 0 bridgehead atoms. The van der Waals surface area contributed by atoms with Gasteiger partial charge in [-0.15, -0.1) is 0 Å². The number of anilines is 3. The fourth-order valence-corrected chi connectivity index (χ4v) is 3.24. The number of aliphatic hydroxyl groups excluding tert-OH is 1. The number of furan rings is 1. The number of aryl methyl sites for hydroxylation is 1. The Hall–Kier alpha value is -3.10. The molecule has 0 amide bonds. The van der Waals surface area contributed by atoms with Crippen LogP contribution in [-0.2, 0) is 6.42 Å². The van der Waals surface area contributed by atoms with E-state index in [1.807, 2.05) is 19.9 Å². The molecule has 8 nitrogen and oxygen atoms in total. The van der Waals surface area contributed by atoms with Crippen LogP contribution in [0, 0.1) is 0 Å². The Bertz CT molecular complexity index is 1090. The molecule has 2 atom stereocenters. The molecule has 0 saturated carbocycles. The molecule has 160 valence electrons. The number of nitrogens with zero attached hydrogens (tertiary/aromatic N) is 1. The Balaban J connectivity index is 1.88. The third kappa shape index (κ3) is 3.96. The van der Waals surface area contributed by atoms with Gasteiger partial charge in [0, 0.05) is 5.56 Å². The molecular formula is C22H27N3O5. The molecule has 0 saturated heterocycles. The van der Waals surface area contributed by atoms with E-state index >= 15 is 0 Å². The second-order valence-corrected chi connectivity index (χ2v) is 7.43. The quantitative estimate of drug-likeness (QED) is 0.240. The fraction of sp³-hybridized carbons (Fsp3) is 0.364. The third-order valence-electron chi connectivity index (χ3n) is 5.16. The van der Waals surface area contributed by atoms with Crippen LogP contribution in [0.1, 0.15) is 49.4 Å². The number of phenolic OH excluding ortho intramolecular Hbond substituents is 1. The van der Waals surface area contributed by atoms with Gasteiger partial charge in [-0.1, -0.05) is 26.0 Å². The minimum absolute atomic E-state index is 0.0764. The summed E-state index contributed by atoms with van der Waals surface area (Å²) >= 11 is 0. The number of phenols is 1. The Kier molecular flexibility index (Phi) is 6.28. The lowest BCUT2D eigenvalue weighted by Crippen LogP contribution is -2.37. The van der Waals surface area contributed by atoms with Crippen LogP contribution >= 0.6 is 0 Å². The van der Waals surface area contributed by atoms with E-state index < -0.39 is 17.1 Å². The molecule has 2 aromatic carbocycles. The Morgan fingerprint density at radius 2 is 1.83 bits per heavy atom. The Morgan fingerprint density at radius 1 is 1.13 bits per heavy atom. The predicted octanol–water partition coefficient (Wildman–Crippen LogP) is 3.00. The molecule has 0 radical (unpaired) electrons. The molecule has 0 spiro atoms. The molecule has 1 unspecified atom stereocenters. The van der Waals surface area contributed by atoms with Crippen LogP contribution < -0.4 is 21.5 Å². The number of hydrogen-bond donors (Lipinski definition) is 4. The maximum absolute atomic E-state index is 12.2. The van der Waals surface area contributed by atoms with E-state index in [4.69, 9.17) is 4.42 Å². The van der Waals surface area contributed by atoms with Crippen LogP contribution in [-0.4, -0.2) is 29.2 Å². The highest BCUT2D eigenvalue weighted by Crippen LogP contribution is 2.36. The van der Waals surface area contributed by atoms with Crippen LogP contribution in [0.25, 0.3) is 0 Å². The first-order chi connectivity index (χ1) is 14.3. The molecule has 4 N–H and O–H groups in total. The molecule has 0 aliphatic rings. The topological polar surface area (TPSA) is 115 Å². The van der Waals surface area contributed by atoms with Crippen LogP contribution in [0.15, 0.2) is 44.5 Å². The Labute approximate surface area is 174 Å². The maximum atomic E-state index is 12.2. The van der Waals surface area contributed by atoms with Crippen LogP contribution in [0.3, 0.4) is 0 Å². The fourth-order valence-electron chi connectivity index (χ4n) is 3.24. The molecule has 3 aromatic rings. The minimum atomic E-state index is -1.02. The molecule has 0 fully saturated rings. The predicted molar refractivity (Wildman–Crippen MR) is 116 cm³/mol. The lowest BCUT2D eigenvalue weighted by atomic mass is 10.1. The highest BCUT2D eigenvalue weighted by Gasteiger charge is 2.26. The number of benzene rings is 1. The summed E-state index contributed by atoms with van der Waals surface area (Å²) in [4.78, 5) is 25.9. The van der Waals surface area contributed by atoms with Crippen LogP contribution in [0.2, 0.25) is 0 Å². The average Bonchev–Trinajstić information content (AvgIpc) is 3.22. The zero-order valence-corrected chi connectivity index (χ0v) is 17.5. The summed E-state index contributed by atoms with van der Waals surface area (Å²) in [6.45, 7) is 3.97. The van der Waals surface area contributed by atoms with Crippen molar-refractivity contribution in [1.82, 2.24) is 4.90 Å².